The summed E-state index contributed by atoms with van der Waals surface area (Å²) in [4.78, 5) is 0. The Bertz CT molecular complexity index is 735. The summed E-state index contributed by atoms with van der Waals surface area (Å²) in [6.45, 7) is 0. The van der Waals surface area contributed by atoms with Crippen molar-refractivity contribution in [2.45, 2.75) is 5.03 Å². The summed E-state index contributed by atoms with van der Waals surface area (Å²) >= 11 is 2.85. The van der Waals surface area contributed by atoms with Crippen molar-refractivity contribution >= 4 is 31.6 Å². The molecule has 0 fully saturated rings. The van der Waals surface area contributed by atoms with E-state index in [0.29, 0.717) is 12.1 Å². The third-order valence-corrected chi connectivity index (χ3v) is 4.47. The van der Waals surface area contributed by atoms with Crippen molar-refractivity contribution in [2.75, 3.05) is 4.72 Å². The van der Waals surface area contributed by atoms with Gasteiger partial charge in [-0.1, -0.05) is 5.21 Å². The van der Waals surface area contributed by atoms with Gasteiger partial charge in [-0.15, -0.1) is 5.10 Å². The summed E-state index contributed by atoms with van der Waals surface area (Å²) in [5, 5.41) is 6.45. The van der Waals surface area contributed by atoms with Crippen LogP contribution in [-0.4, -0.2) is 23.4 Å². The Morgan fingerprint density at radius 2 is 1.80 bits per heavy atom. The minimum Gasteiger partial charge on any atom is -0.272 e. The van der Waals surface area contributed by atoms with Crippen LogP contribution in [0.3, 0.4) is 0 Å². The highest BCUT2D eigenvalue weighted by atomic mass is 79.9. The third kappa shape index (κ3) is 2.63. The number of anilines is 1. The first-order valence-corrected chi connectivity index (χ1v) is 7.22. The molecule has 0 atom stereocenters. The van der Waals surface area contributed by atoms with Crippen molar-refractivity contribution < 1.29 is 21.6 Å². The number of benzene rings is 1. The maximum atomic E-state index is 13.4. The topological polar surface area (TPSA) is 76.9 Å². The van der Waals surface area contributed by atoms with E-state index >= 15 is 0 Å². The van der Waals surface area contributed by atoms with Crippen LogP contribution < -0.4 is 4.72 Å². The summed E-state index contributed by atoms with van der Waals surface area (Å²) < 4.78 is 66.1. The van der Waals surface area contributed by atoms with Gasteiger partial charge in [-0.3, -0.25) is 4.72 Å². The fourth-order valence-corrected chi connectivity index (χ4v) is 3.60. The van der Waals surface area contributed by atoms with Crippen molar-refractivity contribution in [1.82, 2.24) is 15.0 Å². The monoisotopic (exact) mass is 370 g/mol. The molecule has 1 aromatic heterocycles. The molecule has 2 rings (SSSR count). The second-order valence-electron chi connectivity index (χ2n) is 3.66. The van der Waals surface area contributed by atoms with Gasteiger partial charge in [-0.25, -0.2) is 17.9 Å². The first-order chi connectivity index (χ1) is 9.22. The van der Waals surface area contributed by atoms with Gasteiger partial charge in [-0.2, -0.15) is 8.42 Å². The minimum absolute atomic E-state index is 0.129. The molecule has 0 bridgehead atoms. The molecule has 0 unspecified atom stereocenters. The summed E-state index contributed by atoms with van der Waals surface area (Å²) in [6.07, 6.45) is 0. The van der Waals surface area contributed by atoms with E-state index in [2.05, 4.69) is 26.2 Å². The second kappa shape index (κ2) is 5.05. The van der Waals surface area contributed by atoms with Crippen molar-refractivity contribution in [3.8, 4) is 0 Å². The lowest BCUT2D eigenvalue weighted by atomic mass is 10.3. The maximum Gasteiger partial charge on any atom is 0.282 e. The highest BCUT2D eigenvalue weighted by Gasteiger charge is 2.26. The van der Waals surface area contributed by atoms with Crippen molar-refractivity contribution in [2.24, 2.45) is 7.05 Å². The maximum absolute atomic E-state index is 13.4. The largest absolute Gasteiger partial charge is 0.282 e. The fourth-order valence-electron chi connectivity index (χ4n) is 1.43. The van der Waals surface area contributed by atoms with Gasteiger partial charge in [0.25, 0.3) is 10.0 Å². The van der Waals surface area contributed by atoms with Gasteiger partial charge in [0.1, 0.15) is 11.5 Å². The van der Waals surface area contributed by atoms with Crippen LogP contribution in [0.5, 0.6) is 0 Å². The van der Waals surface area contributed by atoms with Gasteiger partial charge < -0.3 is 0 Å². The van der Waals surface area contributed by atoms with Crippen LogP contribution in [0.25, 0.3) is 0 Å². The molecule has 0 aliphatic heterocycles. The van der Waals surface area contributed by atoms with Crippen LogP contribution in [0, 0.1) is 17.5 Å². The zero-order valence-corrected chi connectivity index (χ0v) is 12.1. The van der Waals surface area contributed by atoms with Gasteiger partial charge in [0.05, 0.1) is 0 Å². The van der Waals surface area contributed by atoms with E-state index in [1.165, 1.54) is 7.05 Å². The Balaban J connectivity index is 2.50. The molecule has 0 saturated carbocycles. The Morgan fingerprint density at radius 3 is 2.25 bits per heavy atom. The predicted octanol–water partition coefficient (Wildman–Crippen LogP) is 1.80. The van der Waals surface area contributed by atoms with E-state index in [4.69, 9.17) is 0 Å². The van der Waals surface area contributed by atoms with Crippen LogP contribution >= 0.6 is 15.9 Å². The van der Waals surface area contributed by atoms with Crippen LogP contribution in [0.1, 0.15) is 0 Å². The number of nitrogens with zero attached hydrogens (tertiary/aromatic N) is 3. The molecule has 1 heterocycles. The summed E-state index contributed by atoms with van der Waals surface area (Å²) in [7, 11) is -3.07. The van der Waals surface area contributed by atoms with Gasteiger partial charge in [0.15, 0.2) is 16.2 Å². The molecule has 108 valence electrons. The molecule has 1 aromatic carbocycles. The van der Waals surface area contributed by atoms with Gasteiger partial charge in [0, 0.05) is 19.2 Å². The molecule has 0 spiro atoms. The number of rotatable bonds is 3. The first kappa shape index (κ1) is 14.8. The molecule has 11 heteroatoms. The van der Waals surface area contributed by atoms with E-state index in [-0.39, 0.29) is 4.60 Å². The van der Waals surface area contributed by atoms with E-state index < -0.39 is 38.2 Å². The van der Waals surface area contributed by atoms with Crippen LogP contribution in [0.4, 0.5) is 18.9 Å². The zero-order chi connectivity index (χ0) is 15.1. The highest BCUT2D eigenvalue weighted by molar-refractivity contribution is 9.10. The van der Waals surface area contributed by atoms with E-state index in [9.17, 15) is 21.6 Å². The molecule has 0 aliphatic rings. The molecule has 0 saturated heterocycles. The predicted molar refractivity (Wildman–Crippen MR) is 65.8 cm³/mol. The SMILES string of the molecule is Cn1nnc(Br)c1S(=O)(=O)Nc1c(F)cc(F)cc1F. The lowest BCUT2D eigenvalue weighted by Crippen LogP contribution is -2.19. The van der Waals surface area contributed by atoms with Gasteiger partial charge in [-0.05, 0) is 15.9 Å². The smallest absolute Gasteiger partial charge is 0.272 e. The van der Waals surface area contributed by atoms with Crippen molar-refractivity contribution in [3.05, 3.63) is 34.2 Å². The lowest BCUT2D eigenvalue weighted by molar-refractivity contribution is 0.546. The summed E-state index contributed by atoms with van der Waals surface area (Å²) in [6, 6.07) is 0.717. The number of aryl methyl sites for hydroxylation is 1. The number of hydrogen-bond acceptors (Lipinski definition) is 4. The van der Waals surface area contributed by atoms with Crippen LogP contribution in [0.2, 0.25) is 0 Å². The fraction of sp³-hybridized carbons (Fsp3) is 0.111. The number of aromatic nitrogens is 3. The minimum atomic E-state index is -4.35. The van der Waals surface area contributed by atoms with Crippen LogP contribution in [-0.2, 0) is 17.1 Å². The Morgan fingerprint density at radius 1 is 1.25 bits per heavy atom. The van der Waals surface area contributed by atoms with E-state index in [1.807, 2.05) is 0 Å². The average Bonchev–Trinajstić information content (AvgIpc) is 2.64. The summed E-state index contributed by atoms with van der Waals surface area (Å²) in [5.74, 6) is -3.92. The summed E-state index contributed by atoms with van der Waals surface area (Å²) in [5.41, 5.74) is -0.987. The number of halogens is 4. The molecular weight excluding hydrogens is 365 g/mol. The molecule has 0 aliphatic carbocycles. The van der Waals surface area contributed by atoms with E-state index in [1.54, 1.807) is 4.72 Å². The highest BCUT2D eigenvalue weighted by Crippen LogP contribution is 2.25. The molecular formula is C9H6BrF3N4O2S. The Hall–Kier alpha value is -1.62. The second-order valence-corrected chi connectivity index (χ2v) is 6.01. The van der Waals surface area contributed by atoms with Crippen molar-refractivity contribution in [1.29, 1.82) is 0 Å². The van der Waals surface area contributed by atoms with E-state index in [0.717, 1.165) is 4.68 Å². The standard InChI is InChI=1S/C9H6BrF3N4O2S/c1-17-9(8(10)14-16-17)20(18,19)15-7-5(12)2-4(11)3-6(7)13/h2-3,15H,1H3. The first-order valence-electron chi connectivity index (χ1n) is 4.95. The van der Waals surface area contributed by atoms with Crippen molar-refractivity contribution in [3.63, 3.8) is 0 Å². The number of sulfonamides is 1. The molecule has 0 radical (unpaired) electrons. The number of hydrogen-bond donors (Lipinski definition) is 1. The molecule has 20 heavy (non-hydrogen) atoms. The quantitative estimate of drug-likeness (QED) is 0.893. The molecule has 0 amide bonds. The average molecular weight is 371 g/mol. The Kier molecular flexibility index (Phi) is 3.73. The zero-order valence-electron chi connectivity index (χ0n) is 9.73. The molecule has 2 aromatic rings. The van der Waals surface area contributed by atoms with Gasteiger partial charge >= 0.3 is 0 Å². The molecule has 1 N–H and O–H groups in total. The van der Waals surface area contributed by atoms with Gasteiger partial charge in [0.2, 0.25) is 5.03 Å². The normalized spacial score (nSPS) is 11.7. The third-order valence-electron chi connectivity index (χ3n) is 2.23. The molecule has 6 nitrogen and oxygen atoms in total. The lowest BCUT2D eigenvalue weighted by Gasteiger charge is -2.09. The Labute approximate surface area is 119 Å². The number of nitrogens with one attached hydrogen (secondary N) is 1. The van der Waals surface area contributed by atoms with Crippen LogP contribution in [0.15, 0.2) is 21.8 Å².